The molecule has 1 aromatic heterocycles. The molecule has 94 valence electrons. The van der Waals surface area contributed by atoms with E-state index in [-0.39, 0.29) is 0 Å². The van der Waals surface area contributed by atoms with Gasteiger partial charge in [0.1, 0.15) is 0 Å². The highest BCUT2D eigenvalue weighted by Gasteiger charge is 2.09. The summed E-state index contributed by atoms with van der Waals surface area (Å²) in [5.41, 5.74) is 4.24. The van der Waals surface area contributed by atoms with Crippen LogP contribution in [-0.4, -0.2) is 15.8 Å². The molecule has 0 saturated heterocycles. The molecule has 0 spiro atoms. The minimum atomic E-state index is 0.474. The van der Waals surface area contributed by atoms with Gasteiger partial charge in [-0.2, -0.15) is 0 Å². The van der Waals surface area contributed by atoms with E-state index in [2.05, 4.69) is 36.2 Å². The molecule has 0 aliphatic carbocycles. The summed E-state index contributed by atoms with van der Waals surface area (Å²) < 4.78 is 1.95. The van der Waals surface area contributed by atoms with Crippen LogP contribution in [-0.2, 0) is 6.54 Å². The zero-order chi connectivity index (χ0) is 13.2. The van der Waals surface area contributed by atoms with Gasteiger partial charge >= 0.3 is 0 Å². The van der Waals surface area contributed by atoms with Gasteiger partial charge in [0.25, 0.3) is 0 Å². The van der Waals surface area contributed by atoms with Crippen molar-refractivity contribution in [3.05, 3.63) is 65.5 Å². The molecule has 0 radical (unpaired) electrons. The van der Waals surface area contributed by atoms with Crippen LogP contribution in [0.15, 0.2) is 48.5 Å². The monoisotopic (exact) mass is 250 g/mol. The molecule has 3 rings (SSSR count). The van der Waals surface area contributed by atoms with Crippen LogP contribution in [0.5, 0.6) is 0 Å². The number of hydrogen-bond acceptors (Lipinski definition) is 2. The predicted molar refractivity (Wildman–Crippen MR) is 75.4 cm³/mol. The second-order valence-corrected chi connectivity index (χ2v) is 4.65. The molecule has 3 nitrogen and oxygen atoms in total. The number of para-hydroxylation sites is 2. The Labute approximate surface area is 111 Å². The van der Waals surface area contributed by atoms with Crippen molar-refractivity contribution in [1.29, 1.82) is 0 Å². The standard InChI is InChI=1S/C16H14N2O/c1-12-6-8-13(9-7-12)10-18-15-5-3-2-4-14(15)17-16(18)11-19/h2-9,11H,10H2,1H3. The van der Waals surface area contributed by atoms with E-state index in [0.29, 0.717) is 12.4 Å². The Hall–Kier alpha value is -2.42. The summed E-state index contributed by atoms with van der Waals surface area (Å²) >= 11 is 0. The Balaban J connectivity index is 2.08. The van der Waals surface area contributed by atoms with Gasteiger partial charge in [0.05, 0.1) is 11.0 Å². The molecule has 0 N–H and O–H groups in total. The predicted octanol–water partition coefficient (Wildman–Crippen LogP) is 3.21. The van der Waals surface area contributed by atoms with Crippen molar-refractivity contribution in [2.24, 2.45) is 0 Å². The van der Waals surface area contributed by atoms with Crippen LogP contribution in [0.4, 0.5) is 0 Å². The summed E-state index contributed by atoms with van der Waals surface area (Å²) in [6, 6.07) is 16.1. The summed E-state index contributed by atoms with van der Waals surface area (Å²) in [6.07, 6.45) is 0.814. The smallest absolute Gasteiger partial charge is 0.185 e. The second kappa shape index (κ2) is 4.69. The lowest BCUT2D eigenvalue weighted by molar-refractivity contribution is 0.111. The van der Waals surface area contributed by atoms with Crippen molar-refractivity contribution >= 4 is 17.3 Å². The first-order chi connectivity index (χ1) is 9.28. The lowest BCUT2D eigenvalue weighted by Gasteiger charge is -2.06. The van der Waals surface area contributed by atoms with Crippen LogP contribution in [0.2, 0.25) is 0 Å². The van der Waals surface area contributed by atoms with Gasteiger partial charge in [0.2, 0.25) is 0 Å². The van der Waals surface area contributed by atoms with Crippen molar-refractivity contribution in [3.8, 4) is 0 Å². The number of aldehydes is 1. The third-order valence-corrected chi connectivity index (χ3v) is 3.25. The number of hydrogen-bond donors (Lipinski definition) is 0. The van der Waals surface area contributed by atoms with Crippen LogP contribution >= 0.6 is 0 Å². The highest BCUT2D eigenvalue weighted by Crippen LogP contribution is 2.17. The van der Waals surface area contributed by atoms with E-state index < -0.39 is 0 Å². The van der Waals surface area contributed by atoms with Crippen molar-refractivity contribution in [2.75, 3.05) is 0 Å². The quantitative estimate of drug-likeness (QED) is 0.669. The molecule has 2 aromatic carbocycles. The molecule has 19 heavy (non-hydrogen) atoms. The van der Waals surface area contributed by atoms with Gasteiger partial charge in [0, 0.05) is 6.54 Å². The Morgan fingerprint density at radius 1 is 1.11 bits per heavy atom. The first-order valence-corrected chi connectivity index (χ1v) is 6.24. The van der Waals surface area contributed by atoms with E-state index in [1.54, 1.807) is 0 Å². The molecule has 1 heterocycles. The number of benzene rings is 2. The van der Waals surface area contributed by atoms with Gasteiger partial charge in [-0.3, -0.25) is 4.79 Å². The summed E-state index contributed by atoms with van der Waals surface area (Å²) in [5.74, 6) is 0.474. The van der Waals surface area contributed by atoms with Crippen LogP contribution < -0.4 is 0 Å². The number of rotatable bonds is 3. The molecule has 0 aliphatic rings. The van der Waals surface area contributed by atoms with Crippen molar-refractivity contribution in [2.45, 2.75) is 13.5 Å². The largest absolute Gasteiger partial charge is 0.317 e. The fourth-order valence-electron chi connectivity index (χ4n) is 2.23. The highest BCUT2D eigenvalue weighted by molar-refractivity contribution is 5.83. The third kappa shape index (κ3) is 2.15. The molecular formula is C16H14N2O. The molecule has 3 aromatic rings. The van der Waals surface area contributed by atoms with Crippen molar-refractivity contribution in [3.63, 3.8) is 0 Å². The van der Waals surface area contributed by atoms with E-state index in [9.17, 15) is 4.79 Å². The number of imidazole rings is 1. The van der Waals surface area contributed by atoms with Gasteiger partial charge in [-0.05, 0) is 24.6 Å². The topological polar surface area (TPSA) is 34.9 Å². The molecule has 0 atom stereocenters. The van der Waals surface area contributed by atoms with Crippen LogP contribution in [0.25, 0.3) is 11.0 Å². The van der Waals surface area contributed by atoms with Gasteiger partial charge in [-0.15, -0.1) is 0 Å². The van der Waals surface area contributed by atoms with Gasteiger partial charge in [-0.1, -0.05) is 42.0 Å². The summed E-state index contributed by atoms with van der Waals surface area (Å²) in [6.45, 7) is 2.72. The normalized spacial score (nSPS) is 10.8. The van der Waals surface area contributed by atoms with Gasteiger partial charge < -0.3 is 4.57 Å². The van der Waals surface area contributed by atoms with Gasteiger partial charge in [0.15, 0.2) is 12.1 Å². The fraction of sp³-hybridized carbons (Fsp3) is 0.125. The maximum Gasteiger partial charge on any atom is 0.185 e. The first kappa shape index (κ1) is 11.7. The molecule has 0 bridgehead atoms. The Morgan fingerprint density at radius 3 is 2.58 bits per heavy atom. The zero-order valence-electron chi connectivity index (χ0n) is 10.7. The molecule has 0 saturated carbocycles. The van der Waals surface area contributed by atoms with Crippen molar-refractivity contribution in [1.82, 2.24) is 9.55 Å². The minimum Gasteiger partial charge on any atom is -0.317 e. The Kier molecular flexibility index (Phi) is 2.88. The Bertz CT molecular complexity index is 726. The number of aromatic nitrogens is 2. The lowest BCUT2D eigenvalue weighted by atomic mass is 10.1. The van der Waals surface area contributed by atoms with Gasteiger partial charge in [-0.25, -0.2) is 4.98 Å². The van der Waals surface area contributed by atoms with E-state index in [4.69, 9.17) is 0 Å². The lowest BCUT2D eigenvalue weighted by Crippen LogP contribution is -2.04. The Morgan fingerprint density at radius 2 is 1.84 bits per heavy atom. The molecule has 0 fully saturated rings. The highest BCUT2D eigenvalue weighted by atomic mass is 16.1. The number of aryl methyl sites for hydroxylation is 1. The number of nitrogens with zero attached hydrogens (tertiary/aromatic N) is 2. The van der Waals surface area contributed by atoms with E-state index in [1.807, 2.05) is 28.8 Å². The number of carbonyl (C=O) groups excluding carboxylic acids is 1. The number of carbonyl (C=O) groups is 1. The molecular weight excluding hydrogens is 236 g/mol. The third-order valence-electron chi connectivity index (χ3n) is 3.25. The molecule has 0 unspecified atom stereocenters. The average Bonchev–Trinajstić information content (AvgIpc) is 2.79. The van der Waals surface area contributed by atoms with E-state index >= 15 is 0 Å². The second-order valence-electron chi connectivity index (χ2n) is 4.65. The summed E-state index contributed by atoms with van der Waals surface area (Å²) in [4.78, 5) is 15.5. The fourth-order valence-corrected chi connectivity index (χ4v) is 2.23. The molecule has 3 heteroatoms. The van der Waals surface area contributed by atoms with Crippen molar-refractivity contribution < 1.29 is 4.79 Å². The molecule has 0 aliphatic heterocycles. The first-order valence-electron chi connectivity index (χ1n) is 6.24. The maximum absolute atomic E-state index is 11.2. The maximum atomic E-state index is 11.2. The zero-order valence-corrected chi connectivity index (χ0v) is 10.7. The average molecular weight is 250 g/mol. The number of fused-ring (bicyclic) bond motifs is 1. The summed E-state index contributed by atoms with van der Waals surface area (Å²) in [7, 11) is 0. The van der Waals surface area contributed by atoms with E-state index in [1.165, 1.54) is 5.56 Å². The van der Waals surface area contributed by atoms with Crippen LogP contribution in [0.1, 0.15) is 21.7 Å². The van der Waals surface area contributed by atoms with Crippen LogP contribution in [0.3, 0.4) is 0 Å². The van der Waals surface area contributed by atoms with Crippen LogP contribution in [0, 0.1) is 6.92 Å². The minimum absolute atomic E-state index is 0.474. The summed E-state index contributed by atoms with van der Waals surface area (Å²) in [5, 5.41) is 0. The van der Waals surface area contributed by atoms with E-state index in [0.717, 1.165) is 22.9 Å². The SMILES string of the molecule is Cc1ccc(Cn2c(C=O)nc3ccccc32)cc1. The molecule has 0 amide bonds.